The molecular weight excluding hydrogens is 236 g/mol. The molecule has 0 fully saturated rings. The summed E-state index contributed by atoms with van der Waals surface area (Å²) in [6, 6.07) is 4.31. The number of aromatic nitrogens is 3. The molecule has 1 heterocycles. The Morgan fingerprint density at radius 3 is 2.16 bits per heavy atom. The summed E-state index contributed by atoms with van der Waals surface area (Å²) in [6.07, 6.45) is 0. The highest BCUT2D eigenvalue weighted by Crippen LogP contribution is 2.23. The van der Waals surface area contributed by atoms with Crippen LogP contribution in [0.4, 0.5) is 0 Å². The molecule has 1 aromatic heterocycles. The Bertz CT molecular complexity index is 575. The van der Waals surface area contributed by atoms with Crippen molar-refractivity contribution in [1.29, 1.82) is 0 Å². The molecule has 0 amide bonds. The number of aryl methyl sites for hydroxylation is 5. The highest BCUT2D eigenvalue weighted by atomic mass is 15.3. The van der Waals surface area contributed by atoms with Crippen molar-refractivity contribution >= 4 is 0 Å². The Labute approximate surface area is 114 Å². The van der Waals surface area contributed by atoms with E-state index in [1.807, 2.05) is 18.5 Å². The minimum Gasteiger partial charge on any atom is -0.322 e. The summed E-state index contributed by atoms with van der Waals surface area (Å²) >= 11 is 0. The number of rotatable bonds is 3. The lowest BCUT2D eigenvalue weighted by Gasteiger charge is -2.18. The molecule has 1 unspecified atom stereocenters. The third-order valence-corrected chi connectivity index (χ3v) is 3.44. The Morgan fingerprint density at radius 1 is 1.11 bits per heavy atom. The van der Waals surface area contributed by atoms with Gasteiger partial charge in [0.25, 0.3) is 0 Å². The summed E-state index contributed by atoms with van der Waals surface area (Å²) in [7, 11) is 0. The van der Waals surface area contributed by atoms with Crippen LogP contribution in [0.15, 0.2) is 12.1 Å². The van der Waals surface area contributed by atoms with Gasteiger partial charge in [0.2, 0.25) is 0 Å². The molecule has 4 heteroatoms. The molecule has 4 nitrogen and oxygen atoms in total. The van der Waals surface area contributed by atoms with Gasteiger partial charge in [-0.25, -0.2) is 9.67 Å². The van der Waals surface area contributed by atoms with Gasteiger partial charge in [-0.05, 0) is 51.3 Å². The van der Waals surface area contributed by atoms with E-state index >= 15 is 0 Å². The number of benzene rings is 1. The van der Waals surface area contributed by atoms with E-state index in [0.717, 1.165) is 11.6 Å². The molecule has 0 spiro atoms. The van der Waals surface area contributed by atoms with Crippen molar-refractivity contribution < 1.29 is 0 Å². The van der Waals surface area contributed by atoms with E-state index in [2.05, 4.69) is 43.0 Å². The predicted molar refractivity (Wildman–Crippen MR) is 77.1 cm³/mol. The van der Waals surface area contributed by atoms with E-state index in [1.54, 1.807) is 0 Å². The molecule has 2 rings (SSSR count). The zero-order valence-electron chi connectivity index (χ0n) is 12.4. The van der Waals surface area contributed by atoms with Crippen LogP contribution in [0.3, 0.4) is 0 Å². The smallest absolute Gasteiger partial charge is 0.147 e. The first kappa shape index (κ1) is 13.7. The van der Waals surface area contributed by atoms with Crippen molar-refractivity contribution in [3.05, 3.63) is 46.0 Å². The van der Waals surface area contributed by atoms with Crippen molar-refractivity contribution in [2.24, 2.45) is 5.73 Å². The topological polar surface area (TPSA) is 56.7 Å². The molecule has 0 aliphatic heterocycles. The molecule has 0 saturated heterocycles. The standard InChI is InChI=1S/C15H22N4/c1-9-6-10(2)15(11(3)7-9)14(16)8-19-13(5)17-12(4)18-19/h6-7,14H,8,16H2,1-5H3. The highest BCUT2D eigenvalue weighted by Gasteiger charge is 2.15. The summed E-state index contributed by atoms with van der Waals surface area (Å²) in [6.45, 7) is 10.9. The lowest BCUT2D eigenvalue weighted by molar-refractivity contribution is 0.510. The maximum atomic E-state index is 6.37. The quantitative estimate of drug-likeness (QED) is 0.920. The van der Waals surface area contributed by atoms with Gasteiger partial charge in [-0.3, -0.25) is 0 Å². The Balaban J connectivity index is 2.30. The second-order valence-electron chi connectivity index (χ2n) is 5.31. The van der Waals surface area contributed by atoms with Gasteiger partial charge in [0.15, 0.2) is 0 Å². The molecule has 102 valence electrons. The Hall–Kier alpha value is -1.68. The first-order valence-corrected chi connectivity index (χ1v) is 6.60. The van der Waals surface area contributed by atoms with Crippen LogP contribution in [0.5, 0.6) is 0 Å². The van der Waals surface area contributed by atoms with E-state index < -0.39 is 0 Å². The van der Waals surface area contributed by atoms with Crippen LogP contribution >= 0.6 is 0 Å². The fourth-order valence-corrected chi connectivity index (χ4v) is 2.79. The van der Waals surface area contributed by atoms with Gasteiger partial charge in [-0.15, -0.1) is 0 Å². The minimum absolute atomic E-state index is 0.0552. The molecule has 1 aromatic carbocycles. The van der Waals surface area contributed by atoms with Crippen LogP contribution in [0.25, 0.3) is 0 Å². The molecule has 2 aromatic rings. The summed E-state index contributed by atoms with van der Waals surface area (Å²) in [5.74, 6) is 1.71. The zero-order chi connectivity index (χ0) is 14.2. The fourth-order valence-electron chi connectivity index (χ4n) is 2.79. The van der Waals surface area contributed by atoms with Crippen LogP contribution in [0.1, 0.15) is 39.9 Å². The second-order valence-corrected chi connectivity index (χ2v) is 5.31. The SMILES string of the molecule is Cc1cc(C)c(C(N)Cn2nc(C)nc2C)c(C)c1. The Kier molecular flexibility index (Phi) is 3.71. The molecule has 0 bridgehead atoms. The van der Waals surface area contributed by atoms with E-state index in [0.29, 0.717) is 6.54 Å². The van der Waals surface area contributed by atoms with E-state index in [4.69, 9.17) is 5.73 Å². The van der Waals surface area contributed by atoms with Crippen molar-refractivity contribution in [1.82, 2.24) is 14.8 Å². The van der Waals surface area contributed by atoms with Gasteiger partial charge in [0, 0.05) is 6.04 Å². The lowest BCUT2D eigenvalue weighted by atomic mass is 9.94. The maximum Gasteiger partial charge on any atom is 0.147 e. The van der Waals surface area contributed by atoms with Gasteiger partial charge in [-0.2, -0.15) is 5.10 Å². The van der Waals surface area contributed by atoms with E-state index in [1.165, 1.54) is 22.3 Å². The van der Waals surface area contributed by atoms with Crippen molar-refractivity contribution in [2.45, 2.75) is 47.2 Å². The van der Waals surface area contributed by atoms with Crippen LogP contribution in [-0.4, -0.2) is 14.8 Å². The minimum atomic E-state index is -0.0552. The highest BCUT2D eigenvalue weighted by molar-refractivity contribution is 5.39. The van der Waals surface area contributed by atoms with Crippen molar-refractivity contribution in [3.8, 4) is 0 Å². The number of nitrogens with zero attached hydrogens (tertiary/aromatic N) is 3. The van der Waals surface area contributed by atoms with E-state index in [-0.39, 0.29) is 6.04 Å². The lowest BCUT2D eigenvalue weighted by Crippen LogP contribution is -2.21. The first-order chi connectivity index (χ1) is 8.88. The van der Waals surface area contributed by atoms with Crippen molar-refractivity contribution in [3.63, 3.8) is 0 Å². The predicted octanol–water partition coefficient (Wildman–Crippen LogP) is 2.52. The molecule has 0 radical (unpaired) electrons. The molecule has 0 aliphatic carbocycles. The monoisotopic (exact) mass is 258 g/mol. The van der Waals surface area contributed by atoms with Gasteiger partial charge in [0.1, 0.15) is 11.6 Å². The molecule has 1 atom stereocenters. The average Bonchev–Trinajstić information content (AvgIpc) is 2.55. The first-order valence-electron chi connectivity index (χ1n) is 6.60. The number of nitrogens with two attached hydrogens (primary N) is 1. The summed E-state index contributed by atoms with van der Waals surface area (Å²) in [5, 5.41) is 4.38. The van der Waals surface area contributed by atoms with Gasteiger partial charge in [-0.1, -0.05) is 17.7 Å². The summed E-state index contributed by atoms with van der Waals surface area (Å²) in [5.41, 5.74) is 11.4. The van der Waals surface area contributed by atoms with Gasteiger partial charge < -0.3 is 5.73 Å². The van der Waals surface area contributed by atoms with Crippen LogP contribution in [0, 0.1) is 34.6 Å². The molecule has 2 N–H and O–H groups in total. The van der Waals surface area contributed by atoms with E-state index in [9.17, 15) is 0 Å². The molecule has 0 saturated carbocycles. The largest absolute Gasteiger partial charge is 0.322 e. The van der Waals surface area contributed by atoms with Crippen molar-refractivity contribution in [2.75, 3.05) is 0 Å². The number of hydrogen-bond donors (Lipinski definition) is 1. The Morgan fingerprint density at radius 2 is 1.68 bits per heavy atom. The summed E-state index contributed by atoms with van der Waals surface area (Å²) in [4.78, 5) is 4.31. The average molecular weight is 258 g/mol. The maximum absolute atomic E-state index is 6.37. The van der Waals surface area contributed by atoms with Crippen LogP contribution in [0.2, 0.25) is 0 Å². The third kappa shape index (κ3) is 2.84. The molecule has 0 aliphatic rings. The molecule has 19 heavy (non-hydrogen) atoms. The van der Waals surface area contributed by atoms with Gasteiger partial charge >= 0.3 is 0 Å². The number of hydrogen-bond acceptors (Lipinski definition) is 3. The van der Waals surface area contributed by atoms with Crippen LogP contribution in [-0.2, 0) is 6.54 Å². The van der Waals surface area contributed by atoms with Crippen LogP contribution < -0.4 is 5.73 Å². The summed E-state index contributed by atoms with van der Waals surface area (Å²) < 4.78 is 1.89. The second kappa shape index (κ2) is 5.13. The zero-order valence-corrected chi connectivity index (χ0v) is 12.4. The van der Waals surface area contributed by atoms with Gasteiger partial charge in [0.05, 0.1) is 6.54 Å². The normalized spacial score (nSPS) is 12.7. The molecular formula is C15H22N4. The third-order valence-electron chi connectivity index (χ3n) is 3.44. The fraction of sp³-hybridized carbons (Fsp3) is 0.467.